The number of hydrogen-bond donors (Lipinski definition) is 3. The van der Waals surface area contributed by atoms with Crippen LogP contribution in [0.5, 0.6) is 0 Å². The van der Waals surface area contributed by atoms with Crippen LogP contribution in [0.25, 0.3) is 0 Å². The van der Waals surface area contributed by atoms with E-state index < -0.39 is 23.6 Å². The fourth-order valence-electron chi connectivity index (χ4n) is 2.52. The molecule has 26 heavy (non-hydrogen) atoms. The summed E-state index contributed by atoms with van der Waals surface area (Å²) in [4.78, 5) is 23.9. The monoisotopic (exact) mass is 371 g/mol. The van der Waals surface area contributed by atoms with Gasteiger partial charge in [0.1, 0.15) is 0 Å². The van der Waals surface area contributed by atoms with Crippen LogP contribution >= 0.6 is 0 Å². The lowest BCUT2D eigenvalue weighted by molar-refractivity contribution is -0.137. The number of nitrogens with one attached hydrogen (secondary N) is 3. The van der Waals surface area contributed by atoms with Crippen molar-refractivity contribution >= 4 is 11.8 Å². The molecule has 2 amide bonds. The van der Waals surface area contributed by atoms with Gasteiger partial charge in [-0.25, -0.2) is 0 Å². The molecule has 0 spiro atoms. The SMILES string of the molecule is C=CCOC1CNCC1NC(=O)CNC(=O)c1cccc(C(F)(F)F)c1. The average molecular weight is 371 g/mol. The molecule has 1 aliphatic rings. The number of benzene rings is 1. The molecule has 1 fully saturated rings. The van der Waals surface area contributed by atoms with E-state index in [1.54, 1.807) is 6.08 Å². The quantitative estimate of drug-likeness (QED) is 0.627. The van der Waals surface area contributed by atoms with Crippen LogP contribution < -0.4 is 16.0 Å². The molecule has 3 N–H and O–H groups in total. The third kappa shape index (κ3) is 5.57. The van der Waals surface area contributed by atoms with E-state index in [1.165, 1.54) is 6.07 Å². The molecular weight excluding hydrogens is 351 g/mol. The zero-order valence-electron chi connectivity index (χ0n) is 13.9. The van der Waals surface area contributed by atoms with Crippen molar-refractivity contribution in [2.24, 2.45) is 0 Å². The number of carbonyl (C=O) groups excluding carboxylic acids is 2. The first-order valence-corrected chi connectivity index (χ1v) is 7.99. The predicted octanol–water partition coefficient (Wildman–Crippen LogP) is 1.09. The standard InChI is InChI=1S/C17H20F3N3O3/c1-2-6-26-14-9-21-8-13(14)23-15(24)10-22-16(25)11-4-3-5-12(7-11)17(18,19)20/h2-5,7,13-14,21H,1,6,8-10H2,(H,22,25)(H,23,24). The number of hydrogen-bond acceptors (Lipinski definition) is 4. The number of rotatable bonds is 7. The Kier molecular flexibility index (Phi) is 6.76. The molecular formula is C17H20F3N3O3. The summed E-state index contributed by atoms with van der Waals surface area (Å²) in [6, 6.07) is 3.76. The molecule has 6 nitrogen and oxygen atoms in total. The van der Waals surface area contributed by atoms with Crippen molar-refractivity contribution in [3.05, 3.63) is 48.0 Å². The molecule has 2 rings (SSSR count). The molecule has 1 saturated heterocycles. The minimum absolute atomic E-state index is 0.164. The van der Waals surface area contributed by atoms with Gasteiger partial charge in [0.15, 0.2) is 0 Å². The van der Waals surface area contributed by atoms with Crippen molar-refractivity contribution < 1.29 is 27.5 Å². The maximum atomic E-state index is 12.7. The molecule has 2 atom stereocenters. The van der Waals surface area contributed by atoms with Crippen molar-refractivity contribution in [3.8, 4) is 0 Å². The van der Waals surface area contributed by atoms with Gasteiger partial charge in [-0.1, -0.05) is 12.1 Å². The number of amides is 2. The van der Waals surface area contributed by atoms with E-state index in [4.69, 9.17) is 4.74 Å². The van der Waals surface area contributed by atoms with Gasteiger partial charge in [-0.05, 0) is 18.2 Å². The van der Waals surface area contributed by atoms with Crippen LogP contribution in [0, 0.1) is 0 Å². The number of carbonyl (C=O) groups is 2. The minimum Gasteiger partial charge on any atom is -0.371 e. The van der Waals surface area contributed by atoms with Gasteiger partial charge >= 0.3 is 6.18 Å². The van der Waals surface area contributed by atoms with Crippen molar-refractivity contribution in [1.82, 2.24) is 16.0 Å². The van der Waals surface area contributed by atoms with Crippen LogP contribution in [-0.4, -0.2) is 50.2 Å². The van der Waals surface area contributed by atoms with Crippen LogP contribution in [0.4, 0.5) is 13.2 Å². The normalized spacial score (nSPS) is 19.8. The zero-order valence-corrected chi connectivity index (χ0v) is 13.9. The largest absolute Gasteiger partial charge is 0.416 e. The summed E-state index contributed by atoms with van der Waals surface area (Å²) in [6.45, 7) is 4.66. The van der Waals surface area contributed by atoms with E-state index >= 15 is 0 Å². The van der Waals surface area contributed by atoms with E-state index in [1.807, 2.05) is 0 Å². The highest BCUT2D eigenvalue weighted by Gasteiger charge is 2.31. The van der Waals surface area contributed by atoms with E-state index in [0.29, 0.717) is 19.7 Å². The molecule has 1 aliphatic heterocycles. The van der Waals surface area contributed by atoms with E-state index in [0.717, 1.165) is 18.2 Å². The molecule has 0 aromatic heterocycles. The Morgan fingerprint density at radius 2 is 2.12 bits per heavy atom. The van der Waals surface area contributed by atoms with Crippen LogP contribution in [0.15, 0.2) is 36.9 Å². The Bertz CT molecular complexity index is 664. The van der Waals surface area contributed by atoms with Crippen molar-refractivity contribution in [1.29, 1.82) is 0 Å². The summed E-state index contributed by atoms with van der Waals surface area (Å²) in [6.07, 6.45) is -3.15. The molecule has 9 heteroatoms. The van der Waals surface area contributed by atoms with Crippen molar-refractivity contribution in [3.63, 3.8) is 0 Å². The third-order valence-electron chi connectivity index (χ3n) is 3.79. The molecule has 0 saturated carbocycles. The summed E-state index contributed by atoms with van der Waals surface area (Å²) in [5.41, 5.74) is -1.09. The molecule has 0 bridgehead atoms. The van der Waals surface area contributed by atoms with Gasteiger partial charge in [0.05, 0.1) is 30.9 Å². The lowest BCUT2D eigenvalue weighted by atomic mass is 10.1. The fourth-order valence-corrected chi connectivity index (χ4v) is 2.52. The Morgan fingerprint density at radius 3 is 2.81 bits per heavy atom. The predicted molar refractivity (Wildman–Crippen MR) is 88.5 cm³/mol. The molecule has 1 aromatic carbocycles. The maximum Gasteiger partial charge on any atom is 0.416 e. The lowest BCUT2D eigenvalue weighted by Gasteiger charge is -2.20. The molecule has 1 heterocycles. The van der Waals surface area contributed by atoms with Gasteiger partial charge in [0.2, 0.25) is 5.91 Å². The smallest absolute Gasteiger partial charge is 0.371 e. The molecule has 142 valence electrons. The van der Waals surface area contributed by atoms with Gasteiger partial charge in [0, 0.05) is 18.7 Å². The van der Waals surface area contributed by atoms with Crippen molar-refractivity contribution in [2.75, 3.05) is 26.2 Å². The fraction of sp³-hybridized carbons (Fsp3) is 0.412. The first kappa shape index (κ1) is 19.9. The van der Waals surface area contributed by atoms with Crippen LogP contribution in [-0.2, 0) is 15.7 Å². The first-order valence-electron chi connectivity index (χ1n) is 7.99. The topological polar surface area (TPSA) is 79.5 Å². The van der Waals surface area contributed by atoms with Gasteiger partial charge < -0.3 is 20.7 Å². The number of ether oxygens (including phenoxy) is 1. The van der Waals surface area contributed by atoms with Gasteiger partial charge in [-0.3, -0.25) is 9.59 Å². The van der Waals surface area contributed by atoms with Crippen molar-refractivity contribution in [2.45, 2.75) is 18.3 Å². The highest BCUT2D eigenvalue weighted by atomic mass is 19.4. The summed E-state index contributed by atoms with van der Waals surface area (Å²) >= 11 is 0. The second kappa shape index (κ2) is 8.81. The van der Waals surface area contributed by atoms with E-state index in [2.05, 4.69) is 22.5 Å². The summed E-state index contributed by atoms with van der Waals surface area (Å²) < 4.78 is 43.6. The molecule has 1 aromatic rings. The van der Waals surface area contributed by atoms with E-state index in [-0.39, 0.29) is 24.3 Å². The highest BCUT2D eigenvalue weighted by Crippen LogP contribution is 2.29. The number of alkyl halides is 3. The molecule has 0 aliphatic carbocycles. The second-order valence-electron chi connectivity index (χ2n) is 5.75. The Balaban J connectivity index is 1.85. The Hall–Kier alpha value is -2.39. The summed E-state index contributed by atoms with van der Waals surface area (Å²) in [7, 11) is 0. The van der Waals surface area contributed by atoms with Crippen LogP contribution in [0.2, 0.25) is 0 Å². The average Bonchev–Trinajstić information content (AvgIpc) is 3.04. The van der Waals surface area contributed by atoms with Gasteiger partial charge in [0.25, 0.3) is 5.91 Å². The van der Waals surface area contributed by atoms with Crippen LogP contribution in [0.1, 0.15) is 15.9 Å². The minimum atomic E-state index is -4.54. The second-order valence-corrected chi connectivity index (χ2v) is 5.75. The third-order valence-corrected chi connectivity index (χ3v) is 3.79. The van der Waals surface area contributed by atoms with E-state index in [9.17, 15) is 22.8 Å². The highest BCUT2D eigenvalue weighted by molar-refractivity contribution is 5.96. The molecule has 0 radical (unpaired) electrons. The number of halogens is 3. The summed E-state index contributed by atoms with van der Waals surface area (Å²) in [5.74, 6) is -1.21. The Morgan fingerprint density at radius 1 is 1.35 bits per heavy atom. The van der Waals surface area contributed by atoms with Gasteiger partial charge in [-0.15, -0.1) is 6.58 Å². The lowest BCUT2D eigenvalue weighted by Crippen LogP contribution is -2.47. The molecule has 2 unspecified atom stereocenters. The van der Waals surface area contributed by atoms with Crippen LogP contribution in [0.3, 0.4) is 0 Å². The summed E-state index contributed by atoms with van der Waals surface area (Å²) in [5, 5.41) is 8.12. The zero-order chi connectivity index (χ0) is 19.2. The first-order chi connectivity index (χ1) is 12.3. The maximum absolute atomic E-state index is 12.7. The van der Waals surface area contributed by atoms with Gasteiger partial charge in [-0.2, -0.15) is 13.2 Å². The Labute approximate surface area is 148 Å².